The second-order valence-electron chi connectivity index (χ2n) is 3.96. The van der Waals surface area contributed by atoms with Gasteiger partial charge in [-0.25, -0.2) is 0 Å². The fourth-order valence-corrected chi connectivity index (χ4v) is 1.80. The Hall–Kier alpha value is -1.23. The molecule has 16 heavy (non-hydrogen) atoms. The molecule has 1 aromatic carbocycles. The SMILES string of the molecule is COc1ccc([C@@H]2C[C@H]2N)c(C(F)(F)F)c1. The van der Waals surface area contributed by atoms with Gasteiger partial charge in [0.25, 0.3) is 0 Å². The van der Waals surface area contributed by atoms with Crippen LogP contribution in [0.5, 0.6) is 5.75 Å². The minimum absolute atomic E-state index is 0.144. The second-order valence-corrected chi connectivity index (χ2v) is 3.96. The highest BCUT2D eigenvalue weighted by Gasteiger charge is 2.42. The number of halogens is 3. The first kappa shape index (κ1) is 11.3. The van der Waals surface area contributed by atoms with Crippen LogP contribution in [0.15, 0.2) is 18.2 Å². The minimum atomic E-state index is -4.35. The fourth-order valence-electron chi connectivity index (χ4n) is 1.80. The monoisotopic (exact) mass is 231 g/mol. The number of rotatable bonds is 2. The van der Waals surface area contributed by atoms with E-state index in [1.807, 2.05) is 0 Å². The molecule has 2 atom stereocenters. The van der Waals surface area contributed by atoms with Gasteiger partial charge >= 0.3 is 6.18 Å². The van der Waals surface area contributed by atoms with Gasteiger partial charge in [-0.05, 0) is 24.1 Å². The first-order valence-corrected chi connectivity index (χ1v) is 4.94. The summed E-state index contributed by atoms with van der Waals surface area (Å²) in [5.74, 6) is 0.0489. The van der Waals surface area contributed by atoms with Crippen molar-refractivity contribution < 1.29 is 17.9 Å². The summed E-state index contributed by atoms with van der Waals surface area (Å²) in [5.41, 5.74) is 5.23. The van der Waals surface area contributed by atoms with E-state index < -0.39 is 11.7 Å². The molecule has 0 saturated heterocycles. The van der Waals surface area contributed by atoms with Crippen LogP contribution in [0.4, 0.5) is 13.2 Å². The summed E-state index contributed by atoms with van der Waals surface area (Å²) in [6.07, 6.45) is -3.73. The quantitative estimate of drug-likeness (QED) is 0.848. The number of hydrogen-bond donors (Lipinski definition) is 1. The molecule has 1 aromatic rings. The summed E-state index contributed by atoms with van der Waals surface area (Å²) >= 11 is 0. The topological polar surface area (TPSA) is 35.2 Å². The van der Waals surface area contributed by atoms with Crippen LogP contribution in [-0.4, -0.2) is 13.2 Å². The van der Waals surface area contributed by atoms with Crippen molar-refractivity contribution in [3.63, 3.8) is 0 Å². The molecule has 0 aromatic heterocycles. The first-order valence-electron chi connectivity index (χ1n) is 4.94. The summed E-state index contributed by atoms with van der Waals surface area (Å²) in [7, 11) is 1.35. The number of hydrogen-bond acceptors (Lipinski definition) is 2. The molecular weight excluding hydrogens is 219 g/mol. The van der Waals surface area contributed by atoms with Crippen molar-refractivity contribution in [3.8, 4) is 5.75 Å². The molecule has 1 aliphatic rings. The second kappa shape index (κ2) is 3.66. The highest BCUT2D eigenvalue weighted by Crippen LogP contribution is 2.45. The molecule has 1 aliphatic carbocycles. The molecule has 1 saturated carbocycles. The van der Waals surface area contributed by atoms with E-state index in [1.165, 1.54) is 19.2 Å². The average molecular weight is 231 g/mol. The third-order valence-electron chi connectivity index (χ3n) is 2.81. The maximum atomic E-state index is 12.8. The molecule has 5 heteroatoms. The van der Waals surface area contributed by atoms with E-state index in [0.717, 1.165) is 6.07 Å². The van der Waals surface area contributed by atoms with Gasteiger partial charge in [-0.3, -0.25) is 0 Å². The van der Waals surface area contributed by atoms with E-state index in [2.05, 4.69) is 0 Å². The Labute approximate surface area is 91.2 Å². The number of nitrogens with two attached hydrogens (primary N) is 1. The van der Waals surface area contributed by atoms with E-state index in [-0.39, 0.29) is 23.3 Å². The summed E-state index contributed by atoms with van der Waals surface area (Å²) in [5, 5.41) is 0. The smallest absolute Gasteiger partial charge is 0.416 e. The Morgan fingerprint density at radius 3 is 2.44 bits per heavy atom. The molecule has 0 heterocycles. The van der Waals surface area contributed by atoms with Crippen LogP contribution in [0.25, 0.3) is 0 Å². The van der Waals surface area contributed by atoms with Gasteiger partial charge in [-0.15, -0.1) is 0 Å². The first-order chi connectivity index (χ1) is 7.43. The maximum Gasteiger partial charge on any atom is 0.416 e. The molecule has 0 radical (unpaired) electrons. The van der Waals surface area contributed by atoms with Crippen molar-refractivity contribution in [2.75, 3.05) is 7.11 Å². The maximum absolute atomic E-state index is 12.8. The van der Waals surface area contributed by atoms with Crippen molar-refractivity contribution in [3.05, 3.63) is 29.3 Å². The largest absolute Gasteiger partial charge is 0.497 e. The van der Waals surface area contributed by atoms with Gasteiger partial charge < -0.3 is 10.5 Å². The van der Waals surface area contributed by atoms with E-state index in [4.69, 9.17) is 10.5 Å². The zero-order valence-corrected chi connectivity index (χ0v) is 8.71. The summed E-state index contributed by atoms with van der Waals surface area (Å²) in [6, 6.07) is 3.88. The molecule has 2 nitrogen and oxygen atoms in total. The van der Waals surface area contributed by atoms with Crippen molar-refractivity contribution >= 4 is 0 Å². The van der Waals surface area contributed by atoms with Crippen LogP contribution in [0, 0.1) is 0 Å². The van der Waals surface area contributed by atoms with Gasteiger partial charge in [0.1, 0.15) is 5.75 Å². The van der Waals surface area contributed by atoms with Crippen molar-refractivity contribution in [1.29, 1.82) is 0 Å². The van der Waals surface area contributed by atoms with Gasteiger partial charge in [0.2, 0.25) is 0 Å². The Balaban J connectivity index is 2.44. The van der Waals surface area contributed by atoms with Gasteiger partial charge in [0.15, 0.2) is 0 Å². The summed E-state index contributed by atoms with van der Waals surface area (Å²) in [4.78, 5) is 0. The summed E-state index contributed by atoms with van der Waals surface area (Å²) < 4.78 is 43.2. The average Bonchev–Trinajstić information content (AvgIpc) is 2.93. The molecule has 0 bridgehead atoms. The predicted molar refractivity (Wildman–Crippen MR) is 53.3 cm³/mol. The van der Waals surface area contributed by atoms with Crippen LogP contribution >= 0.6 is 0 Å². The molecule has 2 rings (SSSR count). The Bertz CT molecular complexity index is 403. The molecule has 0 spiro atoms. The van der Waals surface area contributed by atoms with Crippen LogP contribution < -0.4 is 10.5 Å². The molecule has 2 N–H and O–H groups in total. The molecule has 0 unspecified atom stereocenters. The highest BCUT2D eigenvalue weighted by molar-refractivity contribution is 5.42. The lowest BCUT2D eigenvalue weighted by molar-refractivity contribution is -0.138. The van der Waals surface area contributed by atoms with Crippen LogP contribution in [0.1, 0.15) is 23.5 Å². The van der Waals surface area contributed by atoms with E-state index >= 15 is 0 Å². The molecule has 1 fully saturated rings. The van der Waals surface area contributed by atoms with E-state index in [1.54, 1.807) is 0 Å². The number of ether oxygens (including phenoxy) is 1. The Morgan fingerprint density at radius 2 is 2.00 bits per heavy atom. The predicted octanol–water partition coefficient (Wildman–Crippen LogP) is 2.53. The molecule has 88 valence electrons. The van der Waals surface area contributed by atoms with E-state index in [0.29, 0.717) is 6.42 Å². The highest BCUT2D eigenvalue weighted by atomic mass is 19.4. The summed E-state index contributed by atoms with van der Waals surface area (Å²) in [6.45, 7) is 0. The number of benzene rings is 1. The lowest BCUT2D eigenvalue weighted by Crippen LogP contribution is -2.11. The third kappa shape index (κ3) is 2.00. The normalized spacial score (nSPS) is 24.3. The molecule has 0 aliphatic heterocycles. The van der Waals surface area contributed by atoms with Crippen LogP contribution in [0.3, 0.4) is 0 Å². The standard InChI is InChI=1S/C11H12F3NO/c1-16-6-2-3-7(8-5-10(8)15)9(4-6)11(12,13)14/h2-4,8,10H,5,15H2,1H3/t8-,10+/m0/s1. The minimum Gasteiger partial charge on any atom is -0.497 e. The number of methoxy groups -OCH3 is 1. The van der Waals surface area contributed by atoms with Gasteiger partial charge in [-0.1, -0.05) is 6.07 Å². The zero-order chi connectivity index (χ0) is 11.9. The number of alkyl halides is 3. The molecule has 0 amide bonds. The van der Waals surface area contributed by atoms with Gasteiger partial charge in [-0.2, -0.15) is 13.2 Å². The van der Waals surface area contributed by atoms with Gasteiger partial charge in [0, 0.05) is 12.0 Å². The lowest BCUT2D eigenvalue weighted by atomic mass is 10.0. The van der Waals surface area contributed by atoms with Crippen LogP contribution in [-0.2, 0) is 6.18 Å². The van der Waals surface area contributed by atoms with E-state index in [9.17, 15) is 13.2 Å². The Kier molecular flexibility index (Phi) is 2.58. The fraction of sp³-hybridized carbons (Fsp3) is 0.455. The lowest BCUT2D eigenvalue weighted by Gasteiger charge is -2.13. The zero-order valence-electron chi connectivity index (χ0n) is 8.71. The van der Waals surface area contributed by atoms with Gasteiger partial charge in [0.05, 0.1) is 12.7 Å². The Morgan fingerprint density at radius 1 is 1.38 bits per heavy atom. The van der Waals surface area contributed by atoms with Crippen molar-refractivity contribution in [1.82, 2.24) is 0 Å². The van der Waals surface area contributed by atoms with Crippen molar-refractivity contribution in [2.45, 2.75) is 24.6 Å². The third-order valence-corrected chi connectivity index (χ3v) is 2.81. The van der Waals surface area contributed by atoms with Crippen LogP contribution in [0.2, 0.25) is 0 Å². The molecular formula is C11H12F3NO. The van der Waals surface area contributed by atoms with Crippen molar-refractivity contribution in [2.24, 2.45) is 5.73 Å².